The van der Waals surface area contributed by atoms with Crippen LogP contribution in [-0.4, -0.2) is 56.7 Å². The molecule has 0 saturated carbocycles. The van der Waals surface area contributed by atoms with Crippen molar-refractivity contribution in [2.45, 2.75) is 32.5 Å². The molecule has 0 saturated heterocycles. The summed E-state index contributed by atoms with van der Waals surface area (Å²) in [6.07, 6.45) is 0.643. The molecule has 1 aromatic rings. The SMILES string of the molecule is COC(=O)c1cccc(OC[C@H](O)C[NH2+]CCCOC(C)C)c1. The molecule has 0 fully saturated rings. The predicted octanol–water partition coefficient (Wildman–Crippen LogP) is 0.591. The number of methoxy groups -OCH3 is 1. The summed E-state index contributed by atoms with van der Waals surface area (Å²) in [6, 6.07) is 6.72. The molecule has 0 heterocycles. The smallest absolute Gasteiger partial charge is 0.337 e. The monoisotopic (exact) mass is 326 g/mol. The first kappa shape index (κ1) is 19.4. The van der Waals surface area contributed by atoms with Crippen LogP contribution in [0.3, 0.4) is 0 Å². The molecule has 0 bridgehead atoms. The summed E-state index contributed by atoms with van der Waals surface area (Å²) in [4.78, 5) is 11.4. The van der Waals surface area contributed by atoms with E-state index in [1.54, 1.807) is 24.3 Å². The summed E-state index contributed by atoms with van der Waals surface area (Å²) in [5.74, 6) is 0.130. The van der Waals surface area contributed by atoms with Gasteiger partial charge in [0, 0.05) is 6.42 Å². The van der Waals surface area contributed by atoms with Crippen LogP contribution < -0.4 is 10.1 Å². The highest BCUT2D eigenvalue weighted by Crippen LogP contribution is 2.14. The van der Waals surface area contributed by atoms with E-state index in [0.717, 1.165) is 19.6 Å². The van der Waals surface area contributed by atoms with Crippen molar-refractivity contribution in [3.63, 3.8) is 0 Å². The number of ether oxygens (including phenoxy) is 3. The highest BCUT2D eigenvalue weighted by molar-refractivity contribution is 5.89. The number of hydrogen-bond donors (Lipinski definition) is 2. The normalized spacial score (nSPS) is 12.2. The number of hydrogen-bond acceptors (Lipinski definition) is 5. The molecule has 0 radical (unpaired) electrons. The maximum Gasteiger partial charge on any atom is 0.337 e. The second-order valence-corrected chi connectivity index (χ2v) is 5.57. The fourth-order valence-corrected chi connectivity index (χ4v) is 1.95. The van der Waals surface area contributed by atoms with Crippen LogP contribution in [0.2, 0.25) is 0 Å². The van der Waals surface area contributed by atoms with Gasteiger partial charge in [0.2, 0.25) is 0 Å². The van der Waals surface area contributed by atoms with Crippen molar-refractivity contribution in [3.8, 4) is 5.75 Å². The van der Waals surface area contributed by atoms with Gasteiger partial charge in [-0.3, -0.25) is 0 Å². The van der Waals surface area contributed by atoms with E-state index in [2.05, 4.69) is 4.74 Å². The van der Waals surface area contributed by atoms with E-state index in [0.29, 0.717) is 17.9 Å². The lowest BCUT2D eigenvalue weighted by Crippen LogP contribution is -2.86. The van der Waals surface area contributed by atoms with Crippen LogP contribution in [0.5, 0.6) is 5.75 Å². The van der Waals surface area contributed by atoms with Crippen LogP contribution in [0.1, 0.15) is 30.6 Å². The van der Waals surface area contributed by atoms with Gasteiger partial charge in [-0.05, 0) is 32.0 Å². The molecule has 3 N–H and O–H groups in total. The van der Waals surface area contributed by atoms with Crippen molar-refractivity contribution in [2.24, 2.45) is 0 Å². The predicted molar refractivity (Wildman–Crippen MR) is 86.6 cm³/mol. The van der Waals surface area contributed by atoms with Crippen molar-refractivity contribution in [3.05, 3.63) is 29.8 Å². The van der Waals surface area contributed by atoms with Gasteiger partial charge in [0.1, 0.15) is 25.0 Å². The average molecular weight is 326 g/mol. The Morgan fingerprint density at radius 3 is 2.83 bits per heavy atom. The van der Waals surface area contributed by atoms with Gasteiger partial charge >= 0.3 is 5.97 Å². The summed E-state index contributed by atoms with van der Waals surface area (Å²) in [6.45, 7) is 6.42. The van der Waals surface area contributed by atoms with Crippen molar-refractivity contribution in [1.29, 1.82) is 0 Å². The van der Waals surface area contributed by atoms with Crippen molar-refractivity contribution >= 4 is 5.97 Å². The summed E-state index contributed by atoms with van der Waals surface area (Å²) in [5, 5.41) is 11.9. The van der Waals surface area contributed by atoms with Crippen LogP contribution >= 0.6 is 0 Å². The Labute approximate surface area is 137 Å². The number of aliphatic hydroxyl groups excluding tert-OH is 1. The van der Waals surface area contributed by atoms with Gasteiger partial charge in [-0.2, -0.15) is 0 Å². The average Bonchev–Trinajstić information content (AvgIpc) is 2.55. The number of esters is 1. The largest absolute Gasteiger partial charge is 0.491 e. The third-order valence-corrected chi connectivity index (χ3v) is 3.14. The zero-order chi connectivity index (χ0) is 17.1. The van der Waals surface area contributed by atoms with E-state index in [9.17, 15) is 9.90 Å². The summed E-state index contributed by atoms with van der Waals surface area (Å²) >= 11 is 0. The molecular weight excluding hydrogens is 298 g/mol. The lowest BCUT2D eigenvalue weighted by molar-refractivity contribution is -0.661. The molecule has 0 aromatic heterocycles. The number of carbonyl (C=O) groups excluding carboxylic acids is 1. The van der Waals surface area contributed by atoms with E-state index in [4.69, 9.17) is 9.47 Å². The molecule has 0 unspecified atom stereocenters. The topological polar surface area (TPSA) is 81.6 Å². The van der Waals surface area contributed by atoms with Gasteiger partial charge in [-0.15, -0.1) is 0 Å². The number of quaternary nitrogens is 1. The molecule has 6 heteroatoms. The van der Waals surface area contributed by atoms with Crippen molar-refractivity contribution < 1.29 is 29.4 Å². The van der Waals surface area contributed by atoms with Crippen LogP contribution in [0.25, 0.3) is 0 Å². The van der Waals surface area contributed by atoms with E-state index >= 15 is 0 Å². The van der Waals surface area contributed by atoms with Crippen LogP contribution in [-0.2, 0) is 9.47 Å². The number of aliphatic hydroxyl groups is 1. The standard InChI is InChI=1S/C17H27NO5/c1-13(2)22-9-5-8-18-11-15(19)12-23-16-7-4-6-14(10-16)17(20)21-3/h4,6-7,10,13,15,18-19H,5,8-9,11-12H2,1-3H3/p+1/t15-/m1/s1. The van der Waals surface area contributed by atoms with Crippen molar-refractivity contribution in [1.82, 2.24) is 0 Å². The molecule has 6 nitrogen and oxygen atoms in total. The number of rotatable bonds is 11. The van der Waals surface area contributed by atoms with E-state index < -0.39 is 12.1 Å². The first-order valence-electron chi connectivity index (χ1n) is 7.95. The molecule has 0 amide bonds. The van der Waals surface area contributed by atoms with Gasteiger partial charge in [0.25, 0.3) is 0 Å². The molecule has 0 aliphatic heterocycles. The molecule has 23 heavy (non-hydrogen) atoms. The summed E-state index contributed by atoms with van der Waals surface area (Å²) in [7, 11) is 1.33. The van der Waals surface area contributed by atoms with Crippen LogP contribution in [0.15, 0.2) is 24.3 Å². The Hall–Kier alpha value is -1.63. The fourth-order valence-electron chi connectivity index (χ4n) is 1.95. The Bertz CT molecular complexity index is 464. The first-order valence-corrected chi connectivity index (χ1v) is 7.95. The van der Waals surface area contributed by atoms with E-state index in [-0.39, 0.29) is 12.7 Å². The Balaban J connectivity index is 2.20. The van der Waals surface area contributed by atoms with Gasteiger partial charge in [-0.25, -0.2) is 4.79 Å². The Morgan fingerprint density at radius 2 is 2.13 bits per heavy atom. The molecule has 0 spiro atoms. The Kier molecular flexibility index (Phi) is 9.28. The molecule has 1 atom stereocenters. The van der Waals surface area contributed by atoms with E-state index in [1.165, 1.54) is 7.11 Å². The lowest BCUT2D eigenvalue weighted by atomic mass is 10.2. The first-order chi connectivity index (χ1) is 11.0. The number of nitrogens with two attached hydrogens (primary N) is 1. The number of carbonyl (C=O) groups is 1. The minimum Gasteiger partial charge on any atom is -0.491 e. The second kappa shape index (κ2) is 11.0. The zero-order valence-electron chi connectivity index (χ0n) is 14.2. The molecule has 0 aliphatic carbocycles. The van der Waals surface area contributed by atoms with Gasteiger partial charge in [-0.1, -0.05) is 6.07 Å². The number of benzene rings is 1. The quantitative estimate of drug-likeness (QED) is 0.459. The highest BCUT2D eigenvalue weighted by Gasteiger charge is 2.10. The molecular formula is C17H28NO5+. The molecule has 1 rings (SSSR count). The fraction of sp³-hybridized carbons (Fsp3) is 0.588. The van der Waals surface area contributed by atoms with Gasteiger partial charge < -0.3 is 24.6 Å². The molecule has 1 aromatic carbocycles. The minimum absolute atomic E-state index is 0.184. The van der Waals surface area contributed by atoms with Gasteiger partial charge in [0.05, 0.1) is 31.9 Å². The highest BCUT2D eigenvalue weighted by atomic mass is 16.5. The summed E-state index contributed by atoms with van der Waals surface area (Å²) in [5.41, 5.74) is 0.427. The maximum absolute atomic E-state index is 11.4. The summed E-state index contributed by atoms with van der Waals surface area (Å²) < 4.78 is 15.6. The van der Waals surface area contributed by atoms with Gasteiger partial charge in [0.15, 0.2) is 0 Å². The third kappa shape index (κ3) is 8.54. The van der Waals surface area contributed by atoms with Crippen molar-refractivity contribution in [2.75, 3.05) is 33.4 Å². The minimum atomic E-state index is -0.567. The third-order valence-electron chi connectivity index (χ3n) is 3.14. The molecule has 130 valence electrons. The zero-order valence-corrected chi connectivity index (χ0v) is 14.2. The lowest BCUT2D eigenvalue weighted by Gasteiger charge is -2.12. The van der Waals surface area contributed by atoms with Crippen LogP contribution in [0, 0.1) is 0 Å². The second-order valence-electron chi connectivity index (χ2n) is 5.57. The van der Waals surface area contributed by atoms with Crippen LogP contribution in [0.4, 0.5) is 0 Å². The molecule has 0 aliphatic rings. The van der Waals surface area contributed by atoms with E-state index in [1.807, 2.05) is 19.2 Å². The maximum atomic E-state index is 11.4. The Morgan fingerprint density at radius 1 is 1.35 bits per heavy atom.